The zero-order chi connectivity index (χ0) is 17.2. The fourth-order valence-corrected chi connectivity index (χ4v) is 3.22. The lowest BCUT2D eigenvalue weighted by Gasteiger charge is -2.27. The van der Waals surface area contributed by atoms with Crippen molar-refractivity contribution in [1.82, 2.24) is 24.8 Å². The lowest BCUT2D eigenvalue weighted by Crippen LogP contribution is -2.35. The summed E-state index contributed by atoms with van der Waals surface area (Å²) in [6.07, 6.45) is 5.78. The van der Waals surface area contributed by atoms with E-state index in [9.17, 15) is 4.79 Å². The van der Waals surface area contributed by atoms with Crippen molar-refractivity contribution in [3.63, 3.8) is 0 Å². The number of H-pyrrole nitrogens is 1. The minimum atomic E-state index is -0.0844. The van der Waals surface area contributed by atoms with Gasteiger partial charge in [0, 0.05) is 55.8 Å². The highest BCUT2D eigenvalue weighted by Crippen LogP contribution is 2.21. The second-order valence-electron chi connectivity index (χ2n) is 5.99. The van der Waals surface area contributed by atoms with Crippen molar-refractivity contribution in [2.24, 2.45) is 0 Å². The fourth-order valence-electron chi connectivity index (χ4n) is 3.04. The molecule has 3 aromatic heterocycles. The summed E-state index contributed by atoms with van der Waals surface area (Å²) in [5.74, 6) is 0.593. The van der Waals surface area contributed by atoms with Crippen LogP contribution >= 0.6 is 11.6 Å². The largest absolute Gasteiger partial charge is 0.306 e. The third-order valence-corrected chi connectivity index (χ3v) is 4.67. The van der Waals surface area contributed by atoms with Gasteiger partial charge in [-0.15, -0.1) is 0 Å². The van der Waals surface area contributed by atoms with Gasteiger partial charge in [0.05, 0.1) is 11.3 Å². The van der Waals surface area contributed by atoms with Crippen LogP contribution < -0.4 is 5.56 Å². The number of aromatic amines is 1. The summed E-state index contributed by atoms with van der Waals surface area (Å²) < 4.78 is 0. The molecule has 0 aliphatic carbocycles. The van der Waals surface area contributed by atoms with Crippen LogP contribution in [0.2, 0.25) is 5.15 Å². The number of fused-ring (bicyclic) bond motifs is 1. The van der Waals surface area contributed by atoms with E-state index in [1.165, 1.54) is 0 Å². The molecule has 4 rings (SSSR count). The Labute approximate surface area is 149 Å². The highest BCUT2D eigenvalue weighted by molar-refractivity contribution is 6.30. The maximum absolute atomic E-state index is 12.5. The van der Waals surface area contributed by atoms with E-state index in [1.54, 1.807) is 18.6 Å². The topological polar surface area (TPSA) is 74.8 Å². The summed E-state index contributed by atoms with van der Waals surface area (Å²) in [5, 5.41) is 0.508. The van der Waals surface area contributed by atoms with Crippen molar-refractivity contribution in [2.75, 3.05) is 6.54 Å². The maximum atomic E-state index is 12.5. The van der Waals surface area contributed by atoms with E-state index in [0.717, 1.165) is 35.3 Å². The molecule has 0 bridgehead atoms. The standard InChI is InChI=1S/C18H16ClN5O/c19-16-13(2-1-6-21-16)10-24-9-5-15-14(11-24)18(25)23-17(22-15)12-3-7-20-8-4-12/h1-4,6-8H,5,9-11H2,(H,22,23,25). The van der Waals surface area contributed by atoms with Crippen LogP contribution in [0, 0.1) is 0 Å². The Morgan fingerprint density at radius 2 is 2.04 bits per heavy atom. The van der Waals surface area contributed by atoms with Gasteiger partial charge in [-0.1, -0.05) is 17.7 Å². The van der Waals surface area contributed by atoms with Crippen LogP contribution in [0.1, 0.15) is 16.8 Å². The molecule has 3 aromatic rings. The smallest absolute Gasteiger partial charge is 0.255 e. The van der Waals surface area contributed by atoms with Crippen LogP contribution in [-0.2, 0) is 19.5 Å². The van der Waals surface area contributed by atoms with Crippen molar-refractivity contribution in [1.29, 1.82) is 0 Å². The van der Waals surface area contributed by atoms with Crippen molar-refractivity contribution in [2.45, 2.75) is 19.5 Å². The first-order valence-electron chi connectivity index (χ1n) is 8.05. The summed E-state index contributed by atoms with van der Waals surface area (Å²) in [7, 11) is 0. The summed E-state index contributed by atoms with van der Waals surface area (Å²) in [5.41, 5.74) is 3.33. The lowest BCUT2D eigenvalue weighted by atomic mass is 10.1. The van der Waals surface area contributed by atoms with Gasteiger partial charge < -0.3 is 4.98 Å². The molecule has 6 nitrogen and oxygen atoms in total. The molecule has 126 valence electrons. The van der Waals surface area contributed by atoms with E-state index >= 15 is 0 Å². The molecule has 0 aromatic carbocycles. The Morgan fingerprint density at radius 1 is 1.20 bits per heavy atom. The monoisotopic (exact) mass is 353 g/mol. The van der Waals surface area contributed by atoms with Crippen LogP contribution in [0.5, 0.6) is 0 Å². The van der Waals surface area contributed by atoms with Crippen LogP contribution in [0.3, 0.4) is 0 Å². The minimum absolute atomic E-state index is 0.0844. The Morgan fingerprint density at radius 3 is 2.84 bits per heavy atom. The molecule has 25 heavy (non-hydrogen) atoms. The number of halogens is 1. The molecule has 7 heteroatoms. The number of aromatic nitrogens is 4. The first-order chi connectivity index (χ1) is 12.2. The molecule has 0 atom stereocenters. The number of rotatable bonds is 3. The van der Waals surface area contributed by atoms with Crippen LogP contribution in [0.15, 0.2) is 47.7 Å². The van der Waals surface area contributed by atoms with Crippen LogP contribution in [-0.4, -0.2) is 31.4 Å². The second kappa shape index (κ2) is 6.74. The molecule has 0 spiro atoms. The van der Waals surface area contributed by atoms with Gasteiger partial charge >= 0.3 is 0 Å². The van der Waals surface area contributed by atoms with E-state index in [2.05, 4.69) is 24.8 Å². The number of hydrogen-bond donors (Lipinski definition) is 1. The van der Waals surface area contributed by atoms with Crippen molar-refractivity contribution < 1.29 is 0 Å². The number of nitrogens with one attached hydrogen (secondary N) is 1. The Kier molecular flexibility index (Phi) is 4.29. The van der Waals surface area contributed by atoms with E-state index in [-0.39, 0.29) is 5.56 Å². The number of pyridine rings is 2. The summed E-state index contributed by atoms with van der Waals surface area (Å²) in [6.45, 7) is 2.04. The zero-order valence-corrected chi connectivity index (χ0v) is 14.2. The van der Waals surface area contributed by atoms with Gasteiger partial charge in [0.2, 0.25) is 0 Å². The molecular weight excluding hydrogens is 338 g/mol. The first kappa shape index (κ1) is 15.9. The van der Waals surface area contributed by atoms with Crippen molar-refractivity contribution >= 4 is 11.6 Å². The summed E-state index contributed by atoms with van der Waals surface area (Å²) >= 11 is 6.14. The predicted octanol–water partition coefficient (Wildman–Crippen LogP) is 2.44. The Bertz CT molecular complexity index is 957. The highest BCUT2D eigenvalue weighted by atomic mass is 35.5. The predicted molar refractivity (Wildman–Crippen MR) is 95.2 cm³/mol. The van der Waals surface area contributed by atoms with E-state index < -0.39 is 0 Å². The van der Waals surface area contributed by atoms with Gasteiger partial charge in [0.1, 0.15) is 11.0 Å². The number of hydrogen-bond acceptors (Lipinski definition) is 5. The Balaban J connectivity index is 1.60. The quantitative estimate of drug-likeness (QED) is 0.732. The normalized spacial score (nSPS) is 14.3. The zero-order valence-electron chi connectivity index (χ0n) is 13.4. The minimum Gasteiger partial charge on any atom is -0.306 e. The van der Waals surface area contributed by atoms with Crippen molar-refractivity contribution in [3.05, 3.63) is 75.2 Å². The molecule has 0 fully saturated rings. The second-order valence-corrected chi connectivity index (χ2v) is 6.35. The summed E-state index contributed by atoms with van der Waals surface area (Å²) in [6, 6.07) is 7.50. The molecule has 4 heterocycles. The van der Waals surface area contributed by atoms with Gasteiger partial charge in [0.15, 0.2) is 0 Å². The lowest BCUT2D eigenvalue weighted by molar-refractivity contribution is 0.241. The SMILES string of the molecule is O=c1[nH]c(-c2ccncc2)nc2c1CN(Cc1cccnc1Cl)CC2. The number of nitrogens with zero attached hydrogens (tertiary/aromatic N) is 4. The molecule has 1 N–H and O–H groups in total. The molecule has 0 radical (unpaired) electrons. The summed E-state index contributed by atoms with van der Waals surface area (Å²) in [4.78, 5) is 30.4. The van der Waals surface area contributed by atoms with E-state index in [4.69, 9.17) is 11.6 Å². The molecule has 0 amide bonds. The fraction of sp³-hybridized carbons (Fsp3) is 0.222. The van der Waals surface area contributed by atoms with E-state index in [0.29, 0.717) is 24.1 Å². The Hall–Kier alpha value is -2.57. The third-order valence-electron chi connectivity index (χ3n) is 4.33. The maximum Gasteiger partial charge on any atom is 0.255 e. The van der Waals surface area contributed by atoms with Gasteiger partial charge in [-0.05, 0) is 18.2 Å². The van der Waals surface area contributed by atoms with Gasteiger partial charge in [-0.3, -0.25) is 14.7 Å². The molecule has 0 saturated heterocycles. The molecule has 0 saturated carbocycles. The van der Waals surface area contributed by atoms with Crippen LogP contribution in [0.4, 0.5) is 0 Å². The van der Waals surface area contributed by atoms with Gasteiger partial charge in [-0.2, -0.15) is 0 Å². The highest BCUT2D eigenvalue weighted by Gasteiger charge is 2.22. The molecule has 0 unspecified atom stereocenters. The molecule has 1 aliphatic rings. The third kappa shape index (κ3) is 3.31. The molecule has 1 aliphatic heterocycles. The average Bonchev–Trinajstić information content (AvgIpc) is 2.65. The van der Waals surface area contributed by atoms with Gasteiger partial charge in [-0.25, -0.2) is 9.97 Å². The first-order valence-corrected chi connectivity index (χ1v) is 8.43. The van der Waals surface area contributed by atoms with Crippen LogP contribution in [0.25, 0.3) is 11.4 Å². The molecular formula is C18H16ClN5O. The average molecular weight is 354 g/mol. The van der Waals surface area contributed by atoms with Crippen molar-refractivity contribution in [3.8, 4) is 11.4 Å². The van der Waals surface area contributed by atoms with E-state index in [1.807, 2.05) is 24.3 Å². The van der Waals surface area contributed by atoms with Gasteiger partial charge in [0.25, 0.3) is 5.56 Å².